The molecule has 0 heterocycles. The van der Waals surface area contributed by atoms with Gasteiger partial charge in [0.25, 0.3) is 0 Å². The Morgan fingerprint density at radius 2 is 0.704 bits per heavy atom. The largest absolute Gasteiger partial charge is 4.00 e. The van der Waals surface area contributed by atoms with Gasteiger partial charge < -0.3 is 49.6 Å². The van der Waals surface area contributed by atoms with Crippen LogP contribution in [0.1, 0.15) is 0 Å². The van der Waals surface area contributed by atoms with Crippen molar-refractivity contribution in [1.29, 1.82) is 10.8 Å². The van der Waals surface area contributed by atoms with Gasteiger partial charge in [0.1, 0.15) is 0 Å². The summed E-state index contributed by atoms with van der Waals surface area (Å²) in [6.45, 7) is 0. The third-order valence-corrected chi connectivity index (χ3v) is 2.19. The van der Waals surface area contributed by atoms with Crippen LogP contribution in [0, 0.1) is 45.7 Å². The fraction of sp³-hybridized carbons (Fsp3) is 0. The summed E-state index contributed by atoms with van der Waals surface area (Å²) in [4.78, 5) is 4.78. The third-order valence-electron chi connectivity index (χ3n) is 2.19. The van der Waals surface area contributed by atoms with Crippen molar-refractivity contribution >= 4 is 35.3 Å². The number of rotatable bonds is 0. The van der Waals surface area contributed by atoms with Gasteiger partial charge in [-0.05, 0) is 0 Å². The van der Waals surface area contributed by atoms with Gasteiger partial charge in [0.05, 0.1) is 12.1 Å². The predicted molar refractivity (Wildman–Crippen MR) is 67.9 cm³/mol. The van der Waals surface area contributed by atoms with Gasteiger partial charge in [-0.1, -0.05) is 0 Å². The first-order valence-electron chi connectivity index (χ1n) is 5.29. The molecular formula is C12H4Cl4F6N4Sn+2. The fourth-order valence-corrected chi connectivity index (χ4v) is 1.18. The van der Waals surface area contributed by atoms with Crippen molar-refractivity contribution in [2.75, 3.05) is 0 Å². The van der Waals surface area contributed by atoms with Crippen LogP contribution in [-0.2, 0) is 0 Å². The normalized spacial score (nSPS) is 7.56. The molecule has 2 aromatic carbocycles. The van der Waals surface area contributed by atoms with Crippen LogP contribution in [0.15, 0.2) is 24.3 Å². The molecule has 0 spiro atoms. The van der Waals surface area contributed by atoms with E-state index in [1.807, 2.05) is 0 Å². The zero-order chi connectivity index (χ0) is 16.9. The number of nitrogens with zero attached hydrogens (tertiary/aromatic N) is 4. The molecule has 2 aromatic rings. The summed E-state index contributed by atoms with van der Waals surface area (Å²) in [7, 11) is 0. The minimum Gasteiger partial charge on any atom is -1.00 e. The zero-order valence-corrected chi connectivity index (χ0v) is 18.3. The molecule has 2 rings (SSSR count). The molecule has 0 aliphatic carbocycles. The molecule has 0 aliphatic rings. The summed E-state index contributed by atoms with van der Waals surface area (Å²) in [6, 6.07) is 1.55. The first-order chi connectivity index (χ1) is 10.3. The van der Waals surface area contributed by atoms with Crippen LogP contribution < -0.4 is 49.6 Å². The van der Waals surface area contributed by atoms with E-state index < -0.39 is 46.3 Å². The van der Waals surface area contributed by atoms with Gasteiger partial charge in [-0.3, -0.25) is 0 Å². The maximum atomic E-state index is 12.4. The van der Waals surface area contributed by atoms with Gasteiger partial charge in [-0.2, -0.15) is 8.78 Å². The quantitative estimate of drug-likeness (QED) is 0.135. The number of halogens is 10. The molecule has 27 heavy (non-hydrogen) atoms. The first-order valence-corrected chi connectivity index (χ1v) is 5.29. The van der Waals surface area contributed by atoms with E-state index in [1.54, 1.807) is 0 Å². The van der Waals surface area contributed by atoms with Gasteiger partial charge in [0.15, 0.2) is 33.2 Å². The van der Waals surface area contributed by atoms with Crippen LogP contribution in [-0.4, -0.2) is 23.9 Å². The molecule has 15 heteroatoms. The van der Waals surface area contributed by atoms with E-state index >= 15 is 0 Å². The Balaban J connectivity index is -0.000000101. The summed E-state index contributed by atoms with van der Waals surface area (Å²) in [5.74, 6) is -7.33. The van der Waals surface area contributed by atoms with E-state index in [2.05, 4.69) is 9.95 Å². The molecule has 0 unspecified atom stereocenters. The second-order valence-electron chi connectivity index (χ2n) is 3.64. The minimum absolute atomic E-state index is 0. The van der Waals surface area contributed by atoms with E-state index in [0.29, 0.717) is 24.3 Å². The van der Waals surface area contributed by atoms with Crippen LogP contribution in [0.4, 0.5) is 37.7 Å². The smallest absolute Gasteiger partial charge is 1.00 e. The van der Waals surface area contributed by atoms with Gasteiger partial charge >= 0.3 is 35.3 Å². The maximum absolute atomic E-state index is 12.4. The fourth-order valence-electron chi connectivity index (χ4n) is 1.18. The summed E-state index contributed by atoms with van der Waals surface area (Å²) >= 11 is 0. The molecule has 0 aromatic heterocycles. The Morgan fingerprint density at radius 1 is 0.481 bits per heavy atom. The Labute approximate surface area is 190 Å². The van der Waals surface area contributed by atoms with Crippen molar-refractivity contribution in [3.05, 3.63) is 69.1 Å². The van der Waals surface area contributed by atoms with Crippen molar-refractivity contribution in [3.8, 4) is 0 Å². The molecule has 4 nitrogen and oxygen atoms in total. The molecule has 0 bridgehead atoms. The second-order valence-corrected chi connectivity index (χ2v) is 3.64. The van der Waals surface area contributed by atoms with E-state index in [0.717, 1.165) is 0 Å². The standard InChI is InChI=1S/2C6H2F3N2.4ClH.Sn/c2*7-3-1-5(9)6(11-10)2-4(3)8;;;;;/h2*1-2H;4*1H;/q2*+1;;;;;+4/p-4. The molecule has 0 atom stereocenters. The Hall–Kier alpha value is -1.18. The number of hydrogen-bond donors (Lipinski definition) is 0. The molecule has 0 aliphatic heterocycles. The molecule has 0 saturated carbocycles. The summed E-state index contributed by atoms with van der Waals surface area (Å²) in [5, 5.41) is 16.1. The van der Waals surface area contributed by atoms with E-state index in [9.17, 15) is 26.3 Å². The summed E-state index contributed by atoms with van der Waals surface area (Å²) in [6.07, 6.45) is 0. The SMILES string of the molecule is N#[N+]c1cc(F)c(F)cc1F.N#[N+]c1cc(F)c(F)cc1F.[Cl-].[Cl-].[Cl-].[Cl-].[Sn+4]. The van der Waals surface area contributed by atoms with Gasteiger partial charge in [-0.25, -0.2) is 17.6 Å². The molecule has 144 valence electrons. The van der Waals surface area contributed by atoms with Crippen LogP contribution in [0.3, 0.4) is 0 Å². The van der Waals surface area contributed by atoms with Gasteiger partial charge in [0, 0.05) is 12.1 Å². The van der Waals surface area contributed by atoms with Crippen molar-refractivity contribution in [2.45, 2.75) is 0 Å². The Morgan fingerprint density at radius 3 is 0.926 bits per heavy atom. The van der Waals surface area contributed by atoms with Crippen molar-refractivity contribution in [2.24, 2.45) is 0 Å². The monoisotopic (exact) mass is 578 g/mol. The maximum Gasteiger partial charge on any atom is 4.00 e. The van der Waals surface area contributed by atoms with Crippen LogP contribution >= 0.6 is 0 Å². The molecule has 0 N–H and O–H groups in total. The number of benzene rings is 2. The first kappa shape index (κ1) is 36.7. The average Bonchev–Trinajstić information content (AvgIpc) is 2.47. The molecule has 0 amide bonds. The Kier molecular flexibility index (Phi) is 23.0. The molecule has 0 radical (unpaired) electrons. The van der Waals surface area contributed by atoms with Crippen molar-refractivity contribution < 1.29 is 76.0 Å². The third kappa shape index (κ3) is 10.7. The molecule has 0 fully saturated rings. The molecular weight excluding hydrogens is 575 g/mol. The number of hydrogen-bond acceptors (Lipinski definition) is 2. The average molecular weight is 579 g/mol. The summed E-state index contributed by atoms with van der Waals surface area (Å²) < 4.78 is 73.5. The topological polar surface area (TPSA) is 56.3 Å². The molecule has 0 saturated heterocycles. The van der Waals surface area contributed by atoms with Gasteiger partial charge in [0.2, 0.25) is 22.4 Å². The zero-order valence-electron chi connectivity index (χ0n) is 12.4. The van der Waals surface area contributed by atoms with Crippen LogP contribution in [0.25, 0.3) is 9.95 Å². The minimum atomic E-state index is -1.31. The van der Waals surface area contributed by atoms with E-state index in [-0.39, 0.29) is 73.5 Å². The predicted octanol–water partition coefficient (Wildman–Crippen LogP) is -7.19. The summed E-state index contributed by atoms with van der Waals surface area (Å²) in [5.41, 5.74) is -1.24. The second kappa shape index (κ2) is 17.0. The van der Waals surface area contributed by atoms with Crippen molar-refractivity contribution in [1.82, 2.24) is 0 Å². The van der Waals surface area contributed by atoms with Crippen molar-refractivity contribution in [3.63, 3.8) is 0 Å². The Bertz CT molecular complexity index is 748. The van der Waals surface area contributed by atoms with E-state index in [4.69, 9.17) is 10.8 Å². The van der Waals surface area contributed by atoms with Crippen LogP contribution in [0.5, 0.6) is 0 Å². The van der Waals surface area contributed by atoms with Gasteiger partial charge in [-0.15, -0.1) is 0 Å². The van der Waals surface area contributed by atoms with E-state index in [1.165, 1.54) is 0 Å². The van der Waals surface area contributed by atoms with Crippen LogP contribution in [0.2, 0.25) is 0 Å². The number of diazo groups is 2.